The van der Waals surface area contributed by atoms with Crippen molar-refractivity contribution in [1.29, 1.82) is 0 Å². The maximum absolute atomic E-state index is 14.5. The van der Waals surface area contributed by atoms with Crippen molar-refractivity contribution >= 4 is 35.2 Å². The van der Waals surface area contributed by atoms with Crippen molar-refractivity contribution in [1.82, 2.24) is 0 Å². The average Bonchev–Trinajstić information content (AvgIpc) is 2.76. The lowest BCUT2D eigenvalue weighted by atomic mass is 10.1. The molecule has 2 aromatic carbocycles. The van der Waals surface area contributed by atoms with Crippen molar-refractivity contribution < 1.29 is 33.5 Å². The molecule has 0 saturated carbocycles. The molecule has 30 heavy (non-hydrogen) atoms. The highest BCUT2D eigenvalue weighted by Crippen LogP contribution is 2.30. The number of halogens is 1. The molecule has 2 aromatic rings. The van der Waals surface area contributed by atoms with Crippen LogP contribution < -0.4 is 0 Å². The van der Waals surface area contributed by atoms with Gasteiger partial charge in [0.2, 0.25) is 5.78 Å². The first kappa shape index (κ1) is 23.2. The van der Waals surface area contributed by atoms with E-state index in [0.29, 0.717) is 10.5 Å². The van der Waals surface area contributed by atoms with Crippen LogP contribution in [-0.4, -0.2) is 41.8 Å². The van der Waals surface area contributed by atoms with Gasteiger partial charge in [-0.15, -0.1) is 0 Å². The molecule has 0 aliphatic carbocycles. The molecule has 0 spiro atoms. The van der Waals surface area contributed by atoms with E-state index >= 15 is 0 Å². The number of ether oxygens (including phenoxy) is 1. The molecule has 0 bridgehead atoms. The number of aliphatic hydroxyl groups is 1. The van der Waals surface area contributed by atoms with Gasteiger partial charge in [0.25, 0.3) is 0 Å². The Hall–Kier alpha value is -3.04. The largest absolute Gasteiger partial charge is 0.460 e. The Kier molecular flexibility index (Phi) is 8.70. The minimum absolute atomic E-state index is 0.0692. The van der Waals surface area contributed by atoms with Crippen molar-refractivity contribution in [2.24, 2.45) is 5.16 Å². The van der Waals surface area contributed by atoms with Crippen molar-refractivity contribution in [2.45, 2.75) is 30.1 Å². The van der Waals surface area contributed by atoms with Crippen LogP contribution in [0.25, 0.3) is 0 Å². The average molecular weight is 433 g/mol. The lowest BCUT2D eigenvalue weighted by molar-refractivity contribution is -0.143. The maximum atomic E-state index is 14.5. The molecule has 0 fully saturated rings. The van der Waals surface area contributed by atoms with E-state index in [9.17, 15) is 18.8 Å². The van der Waals surface area contributed by atoms with Gasteiger partial charge in [0, 0.05) is 21.8 Å². The predicted octanol–water partition coefficient (Wildman–Crippen LogP) is 3.64. The van der Waals surface area contributed by atoms with Gasteiger partial charge < -0.3 is 14.7 Å². The first-order valence-electron chi connectivity index (χ1n) is 9.00. The third kappa shape index (κ3) is 6.50. The number of carbonyl (C=O) groups excluding carboxylic acids is 3. The van der Waals surface area contributed by atoms with Crippen LogP contribution in [-0.2, 0) is 14.4 Å². The monoisotopic (exact) mass is 433 g/mol. The molecule has 0 aromatic heterocycles. The number of carbonyl (C=O) groups is 3. The predicted molar refractivity (Wildman–Crippen MR) is 108 cm³/mol. The summed E-state index contributed by atoms with van der Waals surface area (Å²) in [5.41, 5.74) is 0.320. The summed E-state index contributed by atoms with van der Waals surface area (Å²) in [5, 5.41) is 12.1. The van der Waals surface area contributed by atoms with E-state index < -0.39 is 23.5 Å². The van der Waals surface area contributed by atoms with Crippen LogP contribution in [0, 0.1) is 5.82 Å². The first-order valence-corrected chi connectivity index (χ1v) is 9.82. The van der Waals surface area contributed by atoms with Crippen LogP contribution >= 0.6 is 11.8 Å². The molecule has 0 aliphatic heterocycles. The molecule has 7 nitrogen and oxygen atoms in total. The summed E-state index contributed by atoms with van der Waals surface area (Å²) in [7, 11) is 0. The molecular formula is C21H20FNO6S. The Morgan fingerprint density at radius 1 is 1.10 bits per heavy atom. The summed E-state index contributed by atoms with van der Waals surface area (Å²) < 4.78 is 19.3. The minimum atomic E-state index is -0.601. The van der Waals surface area contributed by atoms with Crippen LogP contribution in [0.3, 0.4) is 0 Å². The van der Waals surface area contributed by atoms with Crippen molar-refractivity contribution in [2.75, 3.05) is 13.2 Å². The zero-order valence-corrected chi connectivity index (χ0v) is 17.2. The zero-order chi connectivity index (χ0) is 22.1. The molecule has 9 heteroatoms. The number of Topliss-reactive ketones (excluding diaryl/α,β-unsaturated/α-hetero) is 1. The number of hydrogen-bond donors (Lipinski definition) is 1. The third-order valence-corrected chi connectivity index (χ3v) is 4.80. The SMILES string of the molecule is CCC(=O)O/N=C(\C)C(=O)c1ccc(Sc2ccc(C(=O)OCCO)cc2)c(F)c1. The van der Waals surface area contributed by atoms with Crippen LogP contribution in [0.1, 0.15) is 41.0 Å². The van der Waals surface area contributed by atoms with Crippen LogP contribution in [0.15, 0.2) is 57.4 Å². The highest BCUT2D eigenvalue weighted by molar-refractivity contribution is 7.99. The normalized spacial score (nSPS) is 11.1. The van der Waals surface area contributed by atoms with Crippen molar-refractivity contribution in [3.8, 4) is 0 Å². The number of esters is 1. The van der Waals surface area contributed by atoms with Gasteiger partial charge >= 0.3 is 11.9 Å². The fourth-order valence-electron chi connectivity index (χ4n) is 2.17. The molecule has 0 aliphatic rings. The molecule has 0 radical (unpaired) electrons. The maximum Gasteiger partial charge on any atom is 0.338 e. The number of hydrogen-bond acceptors (Lipinski definition) is 8. The number of rotatable bonds is 9. The number of ketones is 1. The van der Waals surface area contributed by atoms with Gasteiger partial charge in [0.1, 0.15) is 18.1 Å². The van der Waals surface area contributed by atoms with Crippen molar-refractivity contribution in [3.63, 3.8) is 0 Å². The topological polar surface area (TPSA) is 102 Å². The second kappa shape index (κ2) is 11.2. The number of nitrogens with zero attached hydrogens (tertiary/aromatic N) is 1. The van der Waals surface area contributed by atoms with E-state index in [4.69, 9.17) is 9.84 Å². The van der Waals surface area contributed by atoms with Gasteiger partial charge in [-0.05, 0) is 49.4 Å². The molecular weight excluding hydrogens is 413 g/mol. The molecule has 1 N–H and O–H groups in total. The van der Waals surface area contributed by atoms with Gasteiger partial charge in [-0.3, -0.25) is 4.79 Å². The summed E-state index contributed by atoms with van der Waals surface area (Å²) in [4.78, 5) is 40.6. The van der Waals surface area contributed by atoms with Gasteiger partial charge in [0.15, 0.2) is 0 Å². The molecule has 0 atom stereocenters. The van der Waals surface area contributed by atoms with Crippen LogP contribution in [0.2, 0.25) is 0 Å². The lowest BCUT2D eigenvalue weighted by Gasteiger charge is -2.07. The Morgan fingerprint density at radius 2 is 1.77 bits per heavy atom. The van der Waals surface area contributed by atoms with E-state index in [2.05, 4.69) is 9.99 Å². The Labute approximate surface area is 176 Å². The molecule has 2 rings (SSSR count). The van der Waals surface area contributed by atoms with E-state index in [1.807, 2.05) is 0 Å². The summed E-state index contributed by atoms with van der Waals surface area (Å²) >= 11 is 1.12. The molecule has 0 unspecified atom stereocenters. The number of benzene rings is 2. The van der Waals surface area contributed by atoms with Gasteiger partial charge in [-0.1, -0.05) is 23.8 Å². The van der Waals surface area contributed by atoms with Crippen molar-refractivity contribution in [3.05, 3.63) is 59.4 Å². The fourth-order valence-corrected chi connectivity index (χ4v) is 2.99. The standard InChI is InChI=1S/C21H20FNO6S/c1-3-19(25)29-23-13(2)20(26)15-6-9-18(17(22)12-15)30-16-7-4-14(5-8-16)21(27)28-11-10-24/h4-9,12,24H,3,10-11H2,1-2H3/b23-13+. The van der Waals surface area contributed by atoms with Gasteiger partial charge in [-0.25, -0.2) is 14.0 Å². The van der Waals surface area contributed by atoms with E-state index in [-0.39, 0.29) is 35.8 Å². The second-order valence-corrected chi connectivity index (χ2v) is 7.07. The number of oxime groups is 1. The highest BCUT2D eigenvalue weighted by atomic mass is 32.2. The fraction of sp³-hybridized carbons (Fsp3) is 0.238. The van der Waals surface area contributed by atoms with E-state index in [1.54, 1.807) is 19.1 Å². The summed E-state index contributed by atoms with van der Waals surface area (Å²) in [5.74, 6) is -2.29. The smallest absolute Gasteiger partial charge is 0.338 e. The van der Waals surface area contributed by atoms with Gasteiger partial charge in [-0.2, -0.15) is 0 Å². The van der Waals surface area contributed by atoms with E-state index in [0.717, 1.165) is 17.8 Å². The van der Waals surface area contributed by atoms with Crippen LogP contribution in [0.4, 0.5) is 4.39 Å². The quantitative estimate of drug-likeness (QED) is 0.212. The summed E-state index contributed by atoms with van der Waals surface area (Å²) in [6.45, 7) is 2.62. The van der Waals surface area contributed by atoms with Crippen LogP contribution in [0.5, 0.6) is 0 Å². The Balaban J connectivity index is 2.07. The highest BCUT2D eigenvalue weighted by Gasteiger charge is 2.15. The number of aliphatic hydroxyl groups excluding tert-OH is 1. The first-order chi connectivity index (χ1) is 14.3. The molecule has 158 valence electrons. The second-order valence-electron chi connectivity index (χ2n) is 5.95. The van der Waals surface area contributed by atoms with E-state index in [1.165, 1.54) is 31.2 Å². The lowest BCUT2D eigenvalue weighted by Crippen LogP contribution is -2.12. The molecule has 0 heterocycles. The van der Waals surface area contributed by atoms with Gasteiger partial charge in [0.05, 0.1) is 12.2 Å². The molecule has 0 saturated heterocycles. The minimum Gasteiger partial charge on any atom is -0.460 e. The summed E-state index contributed by atoms with van der Waals surface area (Å²) in [6, 6.07) is 10.3. The Morgan fingerprint density at radius 3 is 2.37 bits per heavy atom. The summed E-state index contributed by atoms with van der Waals surface area (Å²) in [6.07, 6.45) is 0.121. The molecule has 0 amide bonds. The Bertz CT molecular complexity index is 958. The third-order valence-electron chi connectivity index (χ3n) is 3.74. The zero-order valence-electron chi connectivity index (χ0n) is 16.4.